The lowest BCUT2D eigenvalue weighted by Crippen LogP contribution is -1.93. The van der Waals surface area contributed by atoms with Crippen LogP contribution in [0.4, 0.5) is 5.82 Å². The molecular formula is C13H11N5O. The molecule has 0 bridgehead atoms. The second-order valence-electron chi connectivity index (χ2n) is 3.98. The van der Waals surface area contributed by atoms with Crippen molar-refractivity contribution < 1.29 is 4.52 Å². The van der Waals surface area contributed by atoms with Crippen LogP contribution in [0.2, 0.25) is 0 Å². The van der Waals surface area contributed by atoms with Crippen molar-refractivity contribution in [3.63, 3.8) is 0 Å². The molecule has 0 aliphatic heterocycles. The summed E-state index contributed by atoms with van der Waals surface area (Å²) >= 11 is 0. The van der Waals surface area contributed by atoms with Gasteiger partial charge in [-0.25, -0.2) is 4.98 Å². The lowest BCUT2D eigenvalue weighted by atomic mass is 10.2. The van der Waals surface area contributed by atoms with Crippen molar-refractivity contribution in [2.45, 2.75) is 6.42 Å². The third kappa shape index (κ3) is 2.57. The highest BCUT2D eigenvalue weighted by Crippen LogP contribution is 2.18. The molecule has 19 heavy (non-hydrogen) atoms. The molecule has 0 radical (unpaired) electrons. The fraction of sp³-hybridized carbons (Fsp3) is 0.0769. The fourth-order valence-electron chi connectivity index (χ4n) is 1.69. The Morgan fingerprint density at radius 1 is 1.11 bits per heavy atom. The number of anilines is 1. The van der Waals surface area contributed by atoms with Crippen LogP contribution in [0.25, 0.3) is 11.5 Å². The van der Waals surface area contributed by atoms with Crippen molar-refractivity contribution in [2.24, 2.45) is 0 Å². The Morgan fingerprint density at radius 3 is 2.84 bits per heavy atom. The topological polar surface area (TPSA) is 90.7 Å². The Morgan fingerprint density at radius 2 is 2.05 bits per heavy atom. The van der Waals surface area contributed by atoms with Gasteiger partial charge in [0.05, 0.1) is 6.42 Å². The molecule has 0 aliphatic rings. The van der Waals surface area contributed by atoms with E-state index in [0.29, 0.717) is 24.0 Å². The van der Waals surface area contributed by atoms with Crippen LogP contribution >= 0.6 is 0 Å². The standard InChI is InChI=1S/C13H11N5O/c14-11-7-9(4-6-16-11)13-17-12(18-19-13)8-10-3-1-2-5-15-10/h1-7H,8H2,(H2,14,16). The minimum Gasteiger partial charge on any atom is -0.384 e. The van der Waals surface area contributed by atoms with Gasteiger partial charge in [0, 0.05) is 23.7 Å². The van der Waals surface area contributed by atoms with Gasteiger partial charge in [0.2, 0.25) is 0 Å². The zero-order chi connectivity index (χ0) is 13.1. The molecule has 6 heteroatoms. The molecule has 2 N–H and O–H groups in total. The largest absolute Gasteiger partial charge is 0.384 e. The average molecular weight is 253 g/mol. The number of hydrogen-bond donors (Lipinski definition) is 1. The Balaban J connectivity index is 1.84. The van der Waals surface area contributed by atoms with Crippen molar-refractivity contribution in [1.29, 1.82) is 0 Å². The summed E-state index contributed by atoms with van der Waals surface area (Å²) in [6.45, 7) is 0. The predicted molar refractivity (Wildman–Crippen MR) is 69.0 cm³/mol. The predicted octanol–water partition coefficient (Wildman–Crippen LogP) is 1.70. The molecule has 0 aliphatic carbocycles. The summed E-state index contributed by atoms with van der Waals surface area (Å²) < 4.78 is 5.21. The van der Waals surface area contributed by atoms with Crippen LogP contribution in [0.15, 0.2) is 47.2 Å². The highest BCUT2D eigenvalue weighted by Gasteiger charge is 2.10. The van der Waals surface area contributed by atoms with Crippen molar-refractivity contribution in [3.8, 4) is 11.5 Å². The Labute approximate surface area is 109 Å². The third-order valence-corrected chi connectivity index (χ3v) is 2.56. The molecule has 0 amide bonds. The van der Waals surface area contributed by atoms with E-state index in [9.17, 15) is 0 Å². The van der Waals surface area contributed by atoms with Crippen LogP contribution in [0.3, 0.4) is 0 Å². The maximum absolute atomic E-state index is 5.62. The van der Waals surface area contributed by atoms with E-state index in [1.54, 1.807) is 24.5 Å². The van der Waals surface area contributed by atoms with Crippen LogP contribution in [0.1, 0.15) is 11.5 Å². The van der Waals surface area contributed by atoms with Crippen LogP contribution in [0.5, 0.6) is 0 Å². The van der Waals surface area contributed by atoms with Crippen LogP contribution < -0.4 is 5.73 Å². The molecule has 0 atom stereocenters. The average Bonchev–Trinajstić information content (AvgIpc) is 2.88. The maximum atomic E-state index is 5.62. The molecule has 3 aromatic rings. The minimum atomic E-state index is 0.418. The van der Waals surface area contributed by atoms with E-state index in [2.05, 4.69) is 20.1 Å². The number of aromatic nitrogens is 4. The number of nitrogens with two attached hydrogens (primary N) is 1. The van der Waals surface area contributed by atoms with Gasteiger partial charge in [-0.05, 0) is 24.3 Å². The molecule has 0 saturated heterocycles. The highest BCUT2D eigenvalue weighted by atomic mass is 16.5. The van der Waals surface area contributed by atoms with E-state index in [1.165, 1.54) is 0 Å². The molecule has 6 nitrogen and oxygen atoms in total. The first kappa shape index (κ1) is 11.3. The maximum Gasteiger partial charge on any atom is 0.258 e. The second-order valence-corrected chi connectivity index (χ2v) is 3.98. The Hall–Kier alpha value is -2.76. The molecule has 0 fully saturated rings. The molecule has 0 saturated carbocycles. The first-order chi connectivity index (χ1) is 9.31. The van der Waals surface area contributed by atoms with Gasteiger partial charge in [-0.15, -0.1) is 0 Å². The zero-order valence-corrected chi connectivity index (χ0v) is 10.0. The van der Waals surface area contributed by atoms with E-state index in [-0.39, 0.29) is 0 Å². The first-order valence-electron chi connectivity index (χ1n) is 5.75. The SMILES string of the molecule is Nc1cc(-c2nc(Cc3ccccn3)no2)ccn1. The molecule has 0 aromatic carbocycles. The van der Waals surface area contributed by atoms with Gasteiger partial charge in [-0.1, -0.05) is 11.2 Å². The normalized spacial score (nSPS) is 10.5. The summed E-state index contributed by atoms with van der Waals surface area (Å²) in [4.78, 5) is 12.5. The minimum absolute atomic E-state index is 0.418. The molecular weight excluding hydrogens is 242 g/mol. The van der Waals surface area contributed by atoms with Crippen LogP contribution in [-0.4, -0.2) is 20.1 Å². The van der Waals surface area contributed by atoms with Crippen molar-refractivity contribution in [1.82, 2.24) is 20.1 Å². The second kappa shape index (κ2) is 4.85. The molecule has 0 unspecified atom stereocenters. The lowest BCUT2D eigenvalue weighted by molar-refractivity contribution is 0.423. The Kier molecular flexibility index (Phi) is 2.89. The number of nitrogens with zero attached hydrogens (tertiary/aromatic N) is 4. The monoisotopic (exact) mass is 253 g/mol. The number of nitrogen functional groups attached to an aromatic ring is 1. The molecule has 3 aromatic heterocycles. The van der Waals surface area contributed by atoms with E-state index >= 15 is 0 Å². The van der Waals surface area contributed by atoms with Gasteiger partial charge in [0.1, 0.15) is 5.82 Å². The number of pyridine rings is 2. The Bertz CT molecular complexity index is 680. The van der Waals surface area contributed by atoms with Gasteiger partial charge in [0.25, 0.3) is 5.89 Å². The van der Waals surface area contributed by atoms with Gasteiger partial charge < -0.3 is 10.3 Å². The number of rotatable bonds is 3. The fourth-order valence-corrected chi connectivity index (χ4v) is 1.69. The lowest BCUT2D eigenvalue weighted by Gasteiger charge is -1.95. The summed E-state index contributed by atoms with van der Waals surface area (Å²) in [6.07, 6.45) is 3.87. The van der Waals surface area contributed by atoms with E-state index in [1.807, 2.05) is 18.2 Å². The van der Waals surface area contributed by atoms with E-state index in [4.69, 9.17) is 10.3 Å². The summed E-state index contributed by atoms with van der Waals surface area (Å²) in [5.74, 6) is 1.44. The summed E-state index contributed by atoms with van der Waals surface area (Å²) in [5, 5.41) is 3.93. The quantitative estimate of drug-likeness (QED) is 0.763. The highest BCUT2D eigenvalue weighted by molar-refractivity contribution is 5.56. The summed E-state index contributed by atoms with van der Waals surface area (Å²) in [7, 11) is 0. The third-order valence-electron chi connectivity index (χ3n) is 2.56. The van der Waals surface area contributed by atoms with Crippen LogP contribution in [0, 0.1) is 0 Å². The van der Waals surface area contributed by atoms with E-state index in [0.717, 1.165) is 11.3 Å². The zero-order valence-electron chi connectivity index (χ0n) is 10.0. The smallest absolute Gasteiger partial charge is 0.258 e. The van der Waals surface area contributed by atoms with Crippen molar-refractivity contribution in [2.75, 3.05) is 5.73 Å². The molecule has 3 rings (SSSR count). The van der Waals surface area contributed by atoms with Gasteiger partial charge in [0.15, 0.2) is 5.82 Å². The van der Waals surface area contributed by atoms with Gasteiger partial charge >= 0.3 is 0 Å². The molecule has 0 spiro atoms. The van der Waals surface area contributed by atoms with Crippen LogP contribution in [-0.2, 0) is 6.42 Å². The summed E-state index contributed by atoms with van der Waals surface area (Å²) in [5.41, 5.74) is 7.26. The van der Waals surface area contributed by atoms with E-state index < -0.39 is 0 Å². The van der Waals surface area contributed by atoms with Crippen molar-refractivity contribution in [3.05, 3.63) is 54.2 Å². The first-order valence-corrected chi connectivity index (χ1v) is 5.75. The van der Waals surface area contributed by atoms with Crippen molar-refractivity contribution >= 4 is 5.82 Å². The molecule has 94 valence electrons. The van der Waals surface area contributed by atoms with Gasteiger partial charge in [-0.3, -0.25) is 4.98 Å². The summed E-state index contributed by atoms with van der Waals surface area (Å²) in [6, 6.07) is 9.17. The van der Waals surface area contributed by atoms with Gasteiger partial charge in [-0.2, -0.15) is 4.98 Å². The molecule has 3 heterocycles. The number of hydrogen-bond acceptors (Lipinski definition) is 6.